The van der Waals surface area contributed by atoms with E-state index in [1.54, 1.807) is 0 Å². The van der Waals surface area contributed by atoms with Crippen molar-refractivity contribution < 1.29 is 18.2 Å². The third kappa shape index (κ3) is 2.85. The fraction of sp³-hybridized carbons (Fsp3) is 0.0667. The molecule has 1 aliphatic rings. The first kappa shape index (κ1) is 14.7. The van der Waals surface area contributed by atoms with Crippen LogP contribution in [0.4, 0.5) is 0 Å². The van der Waals surface area contributed by atoms with E-state index in [-0.39, 0.29) is 0 Å². The van der Waals surface area contributed by atoms with E-state index in [1.807, 2.05) is 6.07 Å². The van der Waals surface area contributed by atoms with Crippen LogP contribution in [0.1, 0.15) is 11.1 Å². The Kier molecular flexibility index (Phi) is 4.57. The van der Waals surface area contributed by atoms with Gasteiger partial charge in [0.15, 0.2) is 0 Å². The van der Waals surface area contributed by atoms with Gasteiger partial charge in [0.2, 0.25) is 0 Å². The quantitative estimate of drug-likeness (QED) is 0.369. The monoisotopic (exact) mass is 399 g/mol. The van der Waals surface area contributed by atoms with Gasteiger partial charge in [-0.15, -0.1) is 11.1 Å². The summed E-state index contributed by atoms with van der Waals surface area (Å²) in [7, 11) is 15.0. The summed E-state index contributed by atoms with van der Waals surface area (Å²) in [6.07, 6.45) is 1.01. The molecule has 5 heteroatoms. The van der Waals surface area contributed by atoms with Crippen molar-refractivity contribution in [2.24, 2.45) is 0 Å². The van der Waals surface area contributed by atoms with Crippen molar-refractivity contribution in [3.05, 3.63) is 59.7 Å². The first-order valence-electron chi connectivity index (χ1n) is 6.10. The minimum atomic E-state index is -2.13. The molecule has 0 saturated heterocycles. The predicted molar refractivity (Wildman–Crippen MR) is 82.9 cm³/mol. The first-order chi connectivity index (χ1) is 9.66. The number of para-hydroxylation sites is 1. The molecule has 20 heavy (non-hydrogen) atoms. The smallest absolute Gasteiger partial charge is 0.0453 e. The third-order valence-electron chi connectivity index (χ3n) is 3.38. The van der Waals surface area contributed by atoms with E-state index >= 15 is 0 Å². The maximum atomic E-state index is 5.00. The molecule has 1 aromatic heterocycles. The molecule has 1 heterocycles. The fourth-order valence-electron chi connectivity index (χ4n) is 2.64. The zero-order valence-electron chi connectivity index (χ0n) is 10.4. The number of nitrogens with one attached hydrogen (secondary N) is 1. The van der Waals surface area contributed by atoms with Crippen molar-refractivity contribution in [2.45, 2.75) is 6.42 Å². The minimum Gasteiger partial charge on any atom is -0.365 e. The molecule has 0 bridgehead atoms. The maximum Gasteiger partial charge on any atom is 0.0453 e. The van der Waals surface area contributed by atoms with Crippen LogP contribution in [0.5, 0.6) is 0 Å². The van der Waals surface area contributed by atoms with Crippen LogP contribution in [-0.2, 0) is 24.6 Å². The van der Waals surface area contributed by atoms with Gasteiger partial charge in [0.05, 0.1) is 0 Å². The second-order valence-electron chi connectivity index (χ2n) is 4.48. The number of H-pyrrole nitrogens is 1. The average Bonchev–Trinajstić information content (AvgIpc) is 2.94. The van der Waals surface area contributed by atoms with Crippen molar-refractivity contribution in [1.82, 2.24) is 4.98 Å². The zero-order valence-corrected chi connectivity index (χ0v) is 15.1. The molecule has 1 nitrogen and oxygen atoms in total. The summed E-state index contributed by atoms with van der Waals surface area (Å²) >= 11 is -2.13. The van der Waals surface area contributed by atoms with Gasteiger partial charge in [-0.05, 0) is 23.7 Å². The van der Waals surface area contributed by atoms with E-state index in [1.165, 1.54) is 33.3 Å². The molecule has 101 valence electrons. The molecule has 0 amide bonds. The molecule has 1 N–H and O–H groups in total. The van der Waals surface area contributed by atoms with Gasteiger partial charge < -0.3 is 4.98 Å². The SMILES string of the molecule is [Cl][Zr]([Cl])[Cl].[c-]1cccc2c1Cc1c-2[nH]c2ccccc12. The van der Waals surface area contributed by atoms with Crippen molar-refractivity contribution >= 4 is 36.4 Å². The summed E-state index contributed by atoms with van der Waals surface area (Å²) in [6, 6.07) is 18.1. The van der Waals surface area contributed by atoms with Crippen LogP contribution in [0.3, 0.4) is 0 Å². The standard InChI is InChI=1S/C15H10N.3ClH.Zr/c1-2-6-11-10(5-1)9-13-12-7-3-4-8-14(12)16-15(11)13;;;;/h1-4,6-8,16H,9H2;3*1H;/q-1;;;;+3/p-3. The van der Waals surface area contributed by atoms with Crippen LogP contribution in [-0.4, -0.2) is 4.98 Å². The second kappa shape index (κ2) is 6.24. The molecule has 0 spiro atoms. The summed E-state index contributed by atoms with van der Waals surface area (Å²) in [5.41, 5.74) is 6.58. The molecular formula is C15H10Cl3NZr-. The molecule has 0 saturated carbocycles. The maximum absolute atomic E-state index is 5.00. The van der Waals surface area contributed by atoms with Crippen molar-refractivity contribution in [2.75, 3.05) is 0 Å². The predicted octanol–water partition coefficient (Wildman–Crippen LogP) is 5.61. The Labute approximate surface area is 136 Å². The van der Waals surface area contributed by atoms with Gasteiger partial charge in [-0.25, -0.2) is 0 Å². The van der Waals surface area contributed by atoms with Crippen LogP contribution in [0.2, 0.25) is 0 Å². The van der Waals surface area contributed by atoms with Crippen molar-refractivity contribution in [3.63, 3.8) is 0 Å². The number of hydrogen-bond acceptors (Lipinski definition) is 0. The first-order valence-corrected chi connectivity index (χ1v) is 15.6. The van der Waals surface area contributed by atoms with Gasteiger partial charge in [0, 0.05) is 10.9 Å². The Morgan fingerprint density at radius 3 is 2.60 bits per heavy atom. The van der Waals surface area contributed by atoms with E-state index in [4.69, 9.17) is 25.5 Å². The van der Waals surface area contributed by atoms with E-state index in [0.717, 1.165) is 6.42 Å². The molecular weight excluding hydrogens is 392 g/mol. The molecule has 0 fully saturated rings. The van der Waals surface area contributed by atoms with Crippen molar-refractivity contribution in [1.29, 1.82) is 0 Å². The zero-order chi connectivity index (χ0) is 14.1. The summed E-state index contributed by atoms with van der Waals surface area (Å²) in [5, 5.41) is 1.35. The topological polar surface area (TPSA) is 15.8 Å². The van der Waals surface area contributed by atoms with Gasteiger partial charge in [0.25, 0.3) is 0 Å². The Hall–Kier alpha value is -0.267. The fourth-order valence-corrected chi connectivity index (χ4v) is 2.64. The summed E-state index contributed by atoms with van der Waals surface area (Å²) in [5.74, 6) is 0. The Bertz CT molecular complexity index is 749. The van der Waals surface area contributed by atoms with Crippen LogP contribution < -0.4 is 0 Å². The normalized spacial score (nSPS) is 11.6. The van der Waals surface area contributed by atoms with Gasteiger partial charge in [-0.1, -0.05) is 18.2 Å². The van der Waals surface area contributed by atoms with Gasteiger partial charge >= 0.3 is 43.7 Å². The van der Waals surface area contributed by atoms with Crippen LogP contribution >= 0.6 is 25.5 Å². The molecule has 0 radical (unpaired) electrons. The summed E-state index contributed by atoms with van der Waals surface area (Å²) < 4.78 is 0. The third-order valence-corrected chi connectivity index (χ3v) is 3.38. The van der Waals surface area contributed by atoms with Crippen LogP contribution in [0, 0.1) is 6.07 Å². The Morgan fingerprint density at radius 1 is 1.05 bits per heavy atom. The average molecular weight is 402 g/mol. The van der Waals surface area contributed by atoms with Crippen LogP contribution in [0.25, 0.3) is 22.2 Å². The summed E-state index contributed by atoms with van der Waals surface area (Å²) in [6.45, 7) is 0. The van der Waals surface area contributed by atoms with E-state index in [2.05, 4.69) is 47.4 Å². The molecule has 2 aromatic carbocycles. The number of aromatic nitrogens is 1. The summed E-state index contributed by atoms with van der Waals surface area (Å²) in [4.78, 5) is 3.51. The second-order valence-corrected chi connectivity index (χ2v) is 15.7. The number of fused-ring (bicyclic) bond motifs is 5. The Morgan fingerprint density at radius 2 is 1.80 bits per heavy atom. The molecule has 1 aliphatic carbocycles. The largest absolute Gasteiger partial charge is 0.365 e. The van der Waals surface area contributed by atoms with Gasteiger partial charge in [-0.2, -0.15) is 24.3 Å². The van der Waals surface area contributed by atoms with E-state index in [9.17, 15) is 0 Å². The number of aromatic amines is 1. The van der Waals surface area contributed by atoms with Crippen molar-refractivity contribution in [3.8, 4) is 11.3 Å². The number of hydrogen-bond donors (Lipinski definition) is 1. The minimum absolute atomic E-state index is 1.01. The number of halogens is 3. The van der Waals surface area contributed by atoms with E-state index < -0.39 is 18.2 Å². The molecule has 0 unspecified atom stereocenters. The number of benzene rings is 2. The number of rotatable bonds is 0. The van der Waals surface area contributed by atoms with Gasteiger partial charge in [-0.3, -0.25) is 0 Å². The molecule has 0 atom stereocenters. The molecule has 0 aliphatic heterocycles. The van der Waals surface area contributed by atoms with Gasteiger partial charge in [0.1, 0.15) is 0 Å². The Balaban J connectivity index is 0.000000272. The van der Waals surface area contributed by atoms with Crippen LogP contribution in [0.15, 0.2) is 42.5 Å². The van der Waals surface area contributed by atoms with E-state index in [0.29, 0.717) is 0 Å². The molecule has 4 rings (SSSR count). The molecule has 3 aromatic rings.